The number of alkyl halides is 1. The maximum atomic E-state index is 16.3. The van der Waals surface area contributed by atoms with Crippen LogP contribution in [0.2, 0.25) is 0 Å². The highest BCUT2D eigenvalue weighted by molar-refractivity contribution is 7.52. The molecule has 1 unspecified atom stereocenters. The first-order valence-electron chi connectivity index (χ1n) is 13.5. The zero-order chi connectivity index (χ0) is 30.7. The molecule has 230 valence electrons. The van der Waals surface area contributed by atoms with Crippen LogP contribution in [0.5, 0.6) is 5.75 Å². The quantitative estimate of drug-likeness (QED) is 0.167. The molecule has 1 aromatic carbocycles. The SMILES string of the molecule is C=C(C)[C@]1(O)[C@H](n2ccc(=O)[nH]c2=O)O[C@](F)(COP(=O)(N[C@@H](C)C(=O)OC2CCCCC2)Oc2ccccc2)[C@H]1O. The number of ether oxygens (including phenoxy) is 2. The summed E-state index contributed by atoms with van der Waals surface area (Å²) >= 11 is 0. The van der Waals surface area contributed by atoms with Gasteiger partial charge in [-0.1, -0.05) is 31.2 Å². The molecule has 2 aliphatic rings. The average molecular weight is 612 g/mol. The third-order valence-electron chi connectivity index (χ3n) is 7.24. The van der Waals surface area contributed by atoms with Crippen molar-refractivity contribution in [2.75, 3.05) is 6.61 Å². The summed E-state index contributed by atoms with van der Waals surface area (Å²) in [5.74, 6) is -3.95. The Bertz CT molecular complexity index is 1450. The smallest absolute Gasteiger partial charge is 0.459 e. The Kier molecular flexibility index (Phi) is 9.55. The molecule has 0 bridgehead atoms. The van der Waals surface area contributed by atoms with Gasteiger partial charge < -0.3 is 24.2 Å². The molecule has 15 heteroatoms. The van der Waals surface area contributed by atoms with Gasteiger partial charge in [-0.25, -0.2) is 13.8 Å². The molecule has 4 rings (SSSR count). The Morgan fingerprint density at radius 2 is 1.93 bits per heavy atom. The van der Waals surface area contributed by atoms with Crippen molar-refractivity contribution in [3.63, 3.8) is 0 Å². The summed E-state index contributed by atoms with van der Waals surface area (Å²) in [6.07, 6.45) is 0.645. The molecule has 1 aliphatic carbocycles. The van der Waals surface area contributed by atoms with Crippen LogP contribution in [0.3, 0.4) is 0 Å². The van der Waals surface area contributed by atoms with Crippen molar-refractivity contribution in [1.82, 2.24) is 14.6 Å². The van der Waals surface area contributed by atoms with Crippen LogP contribution in [0.15, 0.2) is 64.3 Å². The number of esters is 1. The summed E-state index contributed by atoms with van der Waals surface area (Å²) in [6.45, 7) is 4.95. The number of carbonyl (C=O) groups is 1. The van der Waals surface area contributed by atoms with Crippen molar-refractivity contribution in [3.05, 3.63) is 75.6 Å². The number of nitrogens with zero attached hydrogens (tertiary/aromatic N) is 1. The number of aromatic nitrogens is 2. The predicted molar refractivity (Wildman–Crippen MR) is 147 cm³/mol. The third-order valence-corrected chi connectivity index (χ3v) is 8.86. The topological polar surface area (TPSA) is 178 Å². The number of nitrogens with one attached hydrogen (secondary N) is 2. The van der Waals surface area contributed by atoms with Crippen LogP contribution >= 0.6 is 7.75 Å². The van der Waals surface area contributed by atoms with Gasteiger partial charge in [-0.05, 0) is 57.2 Å². The van der Waals surface area contributed by atoms with E-state index < -0.39 is 61.4 Å². The first kappa shape index (κ1) is 31.8. The highest BCUT2D eigenvalue weighted by Crippen LogP contribution is 2.52. The van der Waals surface area contributed by atoms with Gasteiger partial charge >= 0.3 is 19.4 Å². The summed E-state index contributed by atoms with van der Waals surface area (Å²) in [7, 11) is -4.60. The Morgan fingerprint density at radius 3 is 2.55 bits per heavy atom. The summed E-state index contributed by atoms with van der Waals surface area (Å²) in [4.78, 5) is 38.7. The number of aliphatic hydroxyl groups is 2. The van der Waals surface area contributed by atoms with Crippen LogP contribution in [-0.4, -0.2) is 62.0 Å². The minimum atomic E-state index is -4.60. The number of benzene rings is 1. The number of rotatable bonds is 11. The van der Waals surface area contributed by atoms with Gasteiger partial charge in [-0.3, -0.25) is 23.7 Å². The second kappa shape index (κ2) is 12.6. The number of aliphatic hydroxyl groups excluding tert-OH is 1. The van der Waals surface area contributed by atoms with Crippen LogP contribution in [0.4, 0.5) is 4.39 Å². The Balaban J connectivity index is 1.58. The van der Waals surface area contributed by atoms with Crippen LogP contribution in [-0.2, 0) is 23.4 Å². The zero-order valence-electron chi connectivity index (χ0n) is 23.2. The number of H-pyrrole nitrogens is 1. The minimum Gasteiger partial charge on any atom is -0.461 e. The summed E-state index contributed by atoms with van der Waals surface area (Å²) in [5.41, 5.74) is -4.59. The van der Waals surface area contributed by atoms with Gasteiger partial charge in [0.2, 0.25) is 0 Å². The molecule has 2 aromatic rings. The molecule has 4 N–H and O–H groups in total. The molecule has 2 fully saturated rings. The lowest BCUT2D eigenvalue weighted by atomic mass is 9.87. The fraction of sp³-hybridized carbons (Fsp3) is 0.519. The number of carbonyl (C=O) groups excluding carboxylic acids is 1. The molecule has 42 heavy (non-hydrogen) atoms. The van der Waals surface area contributed by atoms with Gasteiger partial charge in [0.05, 0.1) is 0 Å². The largest absolute Gasteiger partial charge is 0.461 e. The molecular weight excluding hydrogens is 576 g/mol. The standard InChI is InChI=1S/C27H35FN3O10P/c1-17(2)27(36)23(34)26(28,40-24(27)31-15-14-21(32)29-25(31)35)16-38-42(37,41-20-12-8-5-9-13-20)30-18(3)22(33)39-19-10-6-4-7-11-19/h5,8-9,12-15,18-19,23-24,34,36H,1,4,6-7,10-11,16H2,2-3H3,(H,30,37)(H,29,32,35)/t18-,23+,24+,26+,27+,42?/m0/s1. The van der Waals surface area contributed by atoms with Crippen LogP contribution in [0.1, 0.15) is 52.2 Å². The number of para-hydroxylation sites is 1. The van der Waals surface area contributed by atoms with E-state index >= 15 is 4.39 Å². The summed E-state index contributed by atoms with van der Waals surface area (Å²) in [5, 5.41) is 24.7. The van der Waals surface area contributed by atoms with Crippen molar-refractivity contribution in [2.24, 2.45) is 0 Å². The van der Waals surface area contributed by atoms with E-state index in [0.29, 0.717) is 17.4 Å². The van der Waals surface area contributed by atoms with Crippen molar-refractivity contribution < 1.29 is 42.5 Å². The molecule has 0 radical (unpaired) electrons. The van der Waals surface area contributed by atoms with Crippen molar-refractivity contribution in [1.29, 1.82) is 0 Å². The van der Waals surface area contributed by atoms with E-state index in [-0.39, 0.29) is 17.4 Å². The molecular formula is C27H35FN3O10P. The maximum Gasteiger partial charge on any atom is 0.459 e. The van der Waals surface area contributed by atoms with Crippen molar-refractivity contribution in [2.45, 2.75) is 81.9 Å². The first-order chi connectivity index (χ1) is 19.8. The van der Waals surface area contributed by atoms with Gasteiger partial charge in [0, 0.05) is 12.3 Å². The van der Waals surface area contributed by atoms with Crippen molar-refractivity contribution in [3.8, 4) is 5.75 Å². The first-order valence-corrected chi connectivity index (χ1v) is 15.0. The van der Waals surface area contributed by atoms with Gasteiger partial charge in [0.1, 0.15) is 24.5 Å². The second-order valence-electron chi connectivity index (χ2n) is 10.5. The van der Waals surface area contributed by atoms with E-state index in [4.69, 9.17) is 18.5 Å². The molecule has 13 nitrogen and oxygen atoms in total. The third kappa shape index (κ3) is 6.74. The van der Waals surface area contributed by atoms with Gasteiger partial charge in [-0.2, -0.15) is 5.09 Å². The number of hydrogen-bond acceptors (Lipinski definition) is 10. The van der Waals surface area contributed by atoms with E-state index in [1.165, 1.54) is 26.0 Å². The Labute approximate surface area is 240 Å². The van der Waals surface area contributed by atoms with E-state index in [1.807, 2.05) is 4.98 Å². The Hall–Kier alpha value is -3.13. The van der Waals surface area contributed by atoms with Crippen LogP contribution < -0.4 is 20.9 Å². The molecule has 0 spiro atoms. The normalized spacial score (nSPS) is 28.5. The average Bonchev–Trinajstić information content (AvgIpc) is 3.15. The van der Waals surface area contributed by atoms with Crippen LogP contribution in [0.25, 0.3) is 0 Å². The van der Waals surface area contributed by atoms with Crippen LogP contribution in [0, 0.1) is 0 Å². The van der Waals surface area contributed by atoms with E-state index in [0.717, 1.165) is 31.5 Å². The lowest BCUT2D eigenvalue weighted by Crippen LogP contribution is -2.52. The monoisotopic (exact) mass is 611 g/mol. The van der Waals surface area contributed by atoms with Gasteiger partial charge in [0.25, 0.3) is 11.4 Å². The lowest BCUT2D eigenvalue weighted by Gasteiger charge is -2.32. The Morgan fingerprint density at radius 1 is 1.26 bits per heavy atom. The summed E-state index contributed by atoms with van der Waals surface area (Å²) < 4.78 is 52.6. The van der Waals surface area contributed by atoms with E-state index in [2.05, 4.69) is 11.7 Å². The zero-order valence-corrected chi connectivity index (χ0v) is 24.1. The highest BCUT2D eigenvalue weighted by atomic mass is 31.2. The minimum absolute atomic E-state index is 0.0538. The molecule has 1 aromatic heterocycles. The summed E-state index contributed by atoms with van der Waals surface area (Å²) in [6, 6.07) is 7.46. The number of halogens is 1. The molecule has 6 atom stereocenters. The van der Waals surface area contributed by atoms with Crippen molar-refractivity contribution >= 4 is 13.7 Å². The lowest BCUT2D eigenvalue weighted by molar-refractivity contribution is -0.204. The molecule has 2 heterocycles. The predicted octanol–water partition coefficient (Wildman–Crippen LogP) is 2.46. The van der Waals surface area contributed by atoms with Gasteiger partial charge in [-0.15, -0.1) is 0 Å². The fourth-order valence-corrected chi connectivity index (χ4v) is 6.37. The molecule has 0 amide bonds. The fourth-order valence-electron chi connectivity index (χ4n) is 4.86. The van der Waals surface area contributed by atoms with E-state index in [1.54, 1.807) is 18.2 Å². The highest BCUT2D eigenvalue weighted by Gasteiger charge is 2.66. The molecule has 1 aliphatic heterocycles. The molecule has 1 saturated carbocycles. The maximum absolute atomic E-state index is 16.3. The second-order valence-corrected chi connectivity index (χ2v) is 12.2. The molecule has 1 saturated heterocycles. The number of aromatic amines is 1. The number of hydrogen-bond donors (Lipinski definition) is 4. The van der Waals surface area contributed by atoms with E-state index in [9.17, 15) is 29.2 Å². The van der Waals surface area contributed by atoms with Gasteiger partial charge in [0.15, 0.2) is 17.9 Å².